The monoisotopic (exact) mass is 390 g/mol. The van der Waals surface area contributed by atoms with E-state index in [1.165, 1.54) is 0 Å². The second-order valence-electron chi connectivity index (χ2n) is 3.90. The first-order valence-electron chi connectivity index (χ1n) is 4.85. The highest BCUT2D eigenvalue weighted by Gasteiger charge is 2.71. The Bertz CT molecular complexity index is 515. The zero-order valence-electron chi connectivity index (χ0n) is 9.46. The summed E-state index contributed by atoms with van der Waals surface area (Å²) in [7, 11) is 0. The molecule has 1 rings (SSSR count). The molecule has 11 heteroatoms. The topological polar surface area (TPSA) is 20.2 Å². The van der Waals surface area contributed by atoms with Crippen LogP contribution in [0.3, 0.4) is 0 Å². The Morgan fingerprint density at radius 2 is 1.24 bits per heavy atom. The van der Waals surface area contributed by atoms with Crippen molar-refractivity contribution in [3.05, 3.63) is 33.8 Å². The van der Waals surface area contributed by atoms with Crippen LogP contribution in [0.2, 0.25) is 0 Å². The van der Waals surface area contributed by atoms with Crippen LogP contribution < -0.4 is 0 Å². The highest BCUT2D eigenvalue weighted by Crippen LogP contribution is 2.51. The lowest BCUT2D eigenvalue weighted by atomic mass is 9.91. The Morgan fingerprint density at radius 1 is 0.810 bits per heavy atom. The van der Waals surface area contributed by atoms with Crippen molar-refractivity contribution < 1.29 is 44.6 Å². The molecule has 0 saturated carbocycles. The van der Waals surface area contributed by atoms with Gasteiger partial charge in [0, 0.05) is 10.0 Å². The second-order valence-corrected chi connectivity index (χ2v) is 4.75. The third-order valence-electron chi connectivity index (χ3n) is 2.51. The molecule has 0 aliphatic heterocycles. The minimum Gasteiger partial charge on any atom is -0.369 e. The summed E-state index contributed by atoms with van der Waals surface area (Å²) in [5, 5.41) is 9.00. The lowest BCUT2D eigenvalue weighted by molar-refractivity contribution is -0.376. The third-order valence-corrected chi connectivity index (χ3v) is 3.20. The van der Waals surface area contributed by atoms with E-state index in [1.807, 2.05) is 0 Å². The molecule has 1 aromatic carbocycles. The van der Waals surface area contributed by atoms with Crippen LogP contribution in [0.25, 0.3) is 0 Å². The van der Waals surface area contributed by atoms with E-state index in [2.05, 4.69) is 15.9 Å². The molecule has 0 aliphatic carbocycles. The van der Waals surface area contributed by atoms with Crippen molar-refractivity contribution in [2.75, 3.05) is 0 Å². The molecule has 1 nitrogen and oxygen atoms in total. The molecule has 0 aromatic heterocycles. The van der Waals surface area contributed by atoms with Gasteiger partial charge in [-0.2, -0.15) is 39.5 Å². The number of aliphatic hydroxyl groups is 1. The first kappa shape index (κ1) is 18.1. The van der Waals surface area contributed by atoms with Crippen LogP contribution in [-0.4, -0.2) is 17.5 Å². The van der Waals surface area contributed by atoms with Crippen LogP contribution >= 0.6 is 15.9 Å². The lowest BCUT2D eigenvalue weighted by Crippen LogP contribution is -2.54. The van der Waals surface area contributed by atoms with Crippen LogP contribution in [0.5, 0.6) is 0 Å². The summed E-state index contributed by atoms with van der Waals surface area (Å²) in [6.07, 6.45) is -17.7. The van der Waals surface area contributed by atoms with E-state index in [-0.39, 0.29) is 6.07 Å². The predicted molar refractivity (Wildman–Crippen MR) is 55.2 cm³/mol. The van der Waals surface area contributed by atoms with Gasteiger partial charge in [0.25, 0.3) is 5.60 Å². The Hall–Kier alpha value is -0.970. The molecule has 120 valence electrons. The van der Waals surface area contributed by atoms with Crippen molar-refractivity contribution in [1.82, 2.24) is 0 Å². The maximum atomic E-state index is 12.6. The van der Waals surface area contributed by atoms with Crippen LogP contribution in [-0.2, 0) is 11.8 Å². The number of benzene rings is 1. The Kier molecular flexibility index (Phi) is 4.34. The molecule has 1 aromatic rings. The van der Waals surface area contributed by atoms with Gasteiger partial charge in [-0.1, -0.05) is 22.0 Å². The third kappa shape index (κ3) is 3.12. The zero-order chi connectivity index (χ0) is 16.9. The Labute approximate surface area is 119 Å². The molecule has 0 atom stereocenters. The molecule has 0 fully saturated rings. The Balaban J connectivity index is 3.64. The van der Waals surface area contributed by atoms with Gasteiger partial charge in [0.15, 0.2) is 0 Å². The maximum Gasteiger partial charge on any atom is 0.430 e. The van der Waals surface area contributed by atoms with Gasteiger partial charge in [0.2, 0.25) is 0 Å². The summed E-state index contributed by atoms with van der Waals surface area (Å²) in [6.45, 7) is 0. The highest BCUT2D eigenvalue weighted by molar-refractivity contribution is 9.10. The van der Waals surface area contributed by atoms with Crippen molar-refractivity contribution in [3.63, 3.8) is 0 Å². The summed E-state index contributed by atoms with van der Waals surface area (Å²) in [5.74, 6) is 0. The van der Waals surface area contributed by atoms with Gasteiger partial charge >= 0.3 is 18.5 Å². The van der Waals surface area contributed by atoms with Crippen molar-refractivity contribution in [2.24, 2.45) is 0 Å². The molecular weight excluding hydrogens is 387 g/mol. The summed E-state index contributed by atoms with van der Waals surface area (Å²) in [6, 6.07) is 0.0615. The fourth-order valence-electron chi connectivity index (χ4n) is 1.46. The number of halogens is 10. The molecule has 1 N–H and O–H groups in total. The molecule has 21 heavy (non-hydrogen) atoms. The molecule has 0 aliphatic rings. The summed E-state index contributed by atoms with van der Waals surface area (Å²) >= 11 is 2.37. The number of alkyl halides is 9. The molecule has 0 spiro atoms. The maximum absolute atomic E-state index is 12.6. The summed E-state index contributed by atoms with van der Waals surface area (Å²) in [4.78, 5) is 0. The van der Waals surface area contributed by atoms with Gasteiger partial charge in [-0.05, 0) is 12.1 Å². The highest BCUT2D eigenvalue weighted by atomic mass is 79.9. The standard InChI is InChI=1S/C10H4BrF9O/c11-6-2-1-4(3-5(6)8(12,13)14)7(21,9(15,16)17)10(18,19)20/h1-3,21H. The Morgan fingerprint density at radius 3 is 1.57 bits per heavy atom. The van der Waals surface area contributed by atoms with Crippen LogP contribution in [0.4, 0.5) is 39.5 Å². The number of hydrogen-bond donors (Lipinski definition) is 1. The van der Waals surface area contributed by atoms with Crippen LogP contribution in [0, 0.1) is 0 Å². The van der Waals surface area contributed by atoms with Gasteiger partial charge in [0.1, 0.15) is 0 Å². The van der Waals surface area contributed by atoms with E-state index in [1.54, 1.807) is 0 Å². The zero-order valence-corrected chi connectivity index (χ0v) is 11.0. The van der Waals surface area contributed by atoms with Crippen molar-refractivity contribution in [2.45, 2.75) is 24.1 Å². The van der Waals surface area contributed by atoms with Crippen LogP contribution in [0.1, 0.15) is 11.1 Å². The average molecular weight is 391 g/mol. The van der Waals surface area contributed by atoms with Gasteiger partial charge in [0.05, 0.1) is 5.56 Å². The normalized spacial score (nSPS) is 14.4. The van der Waals surface area contributed by atoms with E-state index >= 15 is 0 Å². The number of rotatable bonds is 1. The van der Waals surface area contributed by atoms with E-state index in [0.717, 1.165) is 0 Å². The van der Waals surface area contributed by atoms with E-state index < -0.39 is 45.8 Å². The van der Waals surface area contributed by atoms with E-state index in [9.17, 15) is 39.5 Å². The van der Waals surface area contributed by atoms with Gasteiger partial charge < -0.3 is 5.11 Å². The fourth-order valence-corrected chi connectivity index (χ4v) is 1.93. The van der Waals surface area contributed by atoms with Gasteiger partial charge in [-0.3, -0.25) is 0 Å². The minimum atomic E-state index is -6.25. The molecular formula is C10H4BrF9O. The second kappa shape index (κ2) is 5.04. The van der Waals surface area contributed by atoms with Crippen molar-refractivity contribution in [1.29, 1.82) is 0 Å². The minimum absolute atomic E-state index is 0.111. The molecule has 0 amide bonds. The molecule has 0 unspecified atom stereocenters. The van der Waals surface area contributed by atoms with E-state index in [4.69, 9.17) is 5.11 Å². The largest absolute Gasteiger partial charge is 0.430 e. The smallest absolute Gasteiger partial charge is 0.369 e. The lowest BCUT2D eigenvalue weighted by Gasteiger charge is -2.33. The fraction of sp³-hybridized carbons (Fsp3) is 0.400. The summed E-state index contributed by atoms with van der Waals surface area (Å²) in [5.41, 5.74) is -9.15. The summed E-state index contributed by atoms with van der Waals surface area (Å²) < 4.78 is 112. The van der Waals surface area contributed by atoms with Gasteiger partial charge in [-0.15, -0.1) is 0 Å². The number of hydrogen-bond acceptors (Lipinski definition) is 1. The van der Waals surface area contributed by atoms with E-state index in [0.29, 0.717) is 6.07 Å². The predicted octanol–water partition coefficient (Wildman–Crippen LogP) is 4.78. The average Bonchev–Trinajstić information content (AvgIpc) is 2.23. The quantitative estimate of drug-likeness (QED) is 0.684. The molecule has 0 bridgehead atoms. The van der Waals surface area contributed by atoms with Crippen molar-refractivity contribution in [3.8, 4) is 0 Å². The molecule has 0 saturated heterocycles. The first-order valence-corrected chi connectivity index (χ1v) is 5.64. The molecule has 0 heterocycles. The van der Waals surface area contributed by atoms with Gasteiger partial charge in [-0.25, -0.2) is 0 Å². The SMILES string of the molecule is OC(c1ccc(Br)c(C(F)(F)F)c1)(C(F)(F)F)C(F)(F)F. The molecule has 0 radical (unpaired) electrons. The van der Waals surface area contributed by atoms with Crippen molar-refractivity contribution >= 4 is 15.9 Å². The van der Waals surface area contributed by atoms with Crippen LogP contribution in [0.15, 0.2) is 22.7 Å². The first-order chi connectivity index (χ1) is 9.12.